The molecule has 3 aromatic rings. The first-order chi connectivity index (χ1) is 14.7. The molecule has 31 heavy (non-hydrogen) atoms. The minimum Gasteiger partial charge on any atom is -0.493 e. The highest BCUT2D eigenvalue weighted by atomic mass is 35.5. The summed E-state index contributed by atoms with van der Waals surface area (Å²) in [6, 6.07) is 11.3. The van der Waals surface area contributed by atoms with Gasteiger partial charge in [-0.2, -0.15) is 0 Å². The number of anilines is 1. The highest BCUT2D eigenvalue weighted by Gasteiger charge is 2.27. The molecule has 0 saturated heterocycles. The molecule has 0 aliphatic heterocycles. The molecule has 10 heteroatoms. The number of carbonyl (C=O) groups is 2. The summed E-state index contributed by atoms with van der Waals surface area (Å²) in [6.45, 7) is 0.0641. The number of aromatic carboxylic acids is 2. The van der Waals surface area contributed by atoms with E-state index in [-0.39, 0.29) is 23.5 Å². The molecular weight excluding hydrogens is 428 g/mol. The number of aromatic amines is 1. The van der Waals surface area contributed by atoms with Gasteiger partial charge >= 0.3 is 11.9 Å². The average Bonchev–Trinajstić information content (AvgIpc) is 2.71. The largest absolute Gasteiger partial charge is 0.493 e. The molecule has 0 amide bonds. The van der Waals surface area contributed by atoms with Crippen molar-refractivity contribution in [3.63, 3.8) is 0 Å². The van der Waals surface area contributed by atoms with Crippen LogP contribution in [0.1, 0.15) is 26.3 Å². The van der Waals surface area contributed by atoms with E-state index >= 15 is 0 Å². The molecule has 0 spiro atoms. The number of nitrogens with two attached hydrogens (primary N) is 1. The van der Waals surface area contributed by atoms with Crippen molar-refractivity contribution in [2.24, 2.45) is 0 Å². The van der Waals surface area contributed by atoms with Gasteiger partial charge in [0.1, 0.15) is 23.6 Å². The fourth-order valence-corrected chi connectivity index (χ4v) is 3.24. The van der Waals surface area contributed by atoms with Crippen molar-refractivity contribution in [3.05, 3.63) is 74.5 Å². The Morgan fingerprint density at radius 1 is 1.06 bits per heavy atom. The van der Waals surface area contributed by atoms with Gasteiger partial charge in [0.05, 0.1) is 7.11 Å². The maximum atomic E-state index is 12.2. The first-order valence-corrected chi connectivity index (χ1v) is 9.19. The number of carboxylic acids is 2. The predicted molar refractivity (Wildman–Crippen MR) is 113 cm³/mol. The summed E-state index contributed by atoms with van der Waals surface area (Å²) in [5.41, 5.74) is 3.80. The van der Waals surface area contributed by atoms with Gasteiger partial charge in [-0.15, -0.1) is 0 Å². The molecule has 1 aromatic heterocycles. The van der Waals surface area contributed by atoms with Gasteiger partial charge in [-0.05, 0) is 23.8 Å². The van der Waals surface area contributed by atoms with Crippen LogP contribution in [0.2, 0.25) is 5.02 Å². The van der Waals surface area contributed by atoms with Crippen molar-refractivity contribution >= 4 is 29.4 Å². The van der Waals surface area contributed by atoms with E-state index in [9.17, 15) is 24.6 Å². The number of hydrogen-bond acceptors (Lipinski definition) is 6. The normalized spacial score (nSPS) is 10.5. The van der Waals surface area contributed by atoms with Gasteiger partial charge in [0.25, 0.3) is 5.56 Å². The summed E-state index contributed by atoms with van der Waals surface area (Å²) in [4.78, 5) is 37.8. The smallest absolute Gasteiger partial charge is 0.342 e. The standard InChI is InChI=1S/C21H17ClN2O7/c1-30-13-7-6-10(8-14(13)31-9-11-4-2-3-5-12(11)22)15-16(20(26)27)18(23)24-19(25)17(15)21(28)29/h2-8H,9H2,1H3,(H,26,27)(H,28,29)(H3,23,24,25). The molecule has 0 unspecified atom stereocenters. The van der Waals surface area contributed by atoms with E-state index in [4.69, 9.17) is 26.8 Å². The van der Waals surface area contributed by atoms with Crippen molar-refractivity contribution in [2.75, 3.05) is 12.8 Å². The fourth-order valence-electron chi connectivity index (χ4n) is 3.05. The summed E-state index contributed by atoms with van der Waals surface area (Å²) in [5.74, 6) is -3.07. The average molecular weight is 445 g/mol. The molecule has 5 N–H and O–H groups in total. The monoisotopic (exact) mass is 444 g/mol. The molecule has 1 heterocycles. The molecule has 0 aliphatic carbocycles. The van der Waals surface area contributed by atoms with E-state index in [0.717, 1.165) is 0 Å². The lowest BCUT2D eigenvalue weighted by atomic mass is 9.95. The second-order valence-electron chi connectivity index (χ2n) is 6.35. The van der Waals surface area contributed by atoms with E-state index in [1.165, 1.54) is 25.3 Å². The van der Waals surface area contributed by atoms with Crippen LogP contribution < -0.4 is 20.8 Å². The van der Waals surface area contributed by atoms with Gasteiger partial charge in [0, 0.05) is 16.1 Å². The first-order valence-electron chi connectivity index (χ1n) is 8.81. The first kappa shape index (κ1) is 21.7. The van der Waals surface area contributed by atoms with Gasteiger partial charge in [-0.25, -0.2) is 9.59 Å². The minimum atomic E-state index is -1.60. The molecule has 0 fully saturated rings. The van der Waals surface area contributed by atoms with Crippen LogP contribution >= 0.6 is 11.6 Å². The zero-order valence-corrected chi connectivity index (χ0v) is 16.9. The number of halogens is 1. The lowest BCUT2D eigenvalue weighted by molar-refractivity contribution is 0.0695. The molecule has 2 aromatic carbocycles. The Hall–Kier alpha value is -3.98. The third-order valence-electron chi connectivity index (χ3n) is 4.47. The summed E-state index contributed by atoms with van der Waals surface area (Å²) < 4.78 is 11.1. The van der Waals surface area contributed by atoms with E-state index in [1.54, 1.807) is 24.3 Å². The molecule has 0 atom stereocenters. The number of pyridine rings is 1. The highest BCUT2D eigenvalue weighted by Crippen LogP contribution is 2.36. The fraction of sp³-hybridized carbons (Fsp3) is 0.0952. The maximum absolute atomic E-state index is 12.2. The Labute approximate surface area is 180 Å². The number of aromatic nitrogens is 1. The van der Waals surface area contributed by atoms with E-state index in [1.807, 2.05) is 0 Å². The number of carboxylic acid groups (broad SMARTS) is 2. The number of nitrogen functional groups attached to an aromatic ring is 1. The van der Waals surface area contributed by atoms with Crippen molar-refractivity contribution < 1.29 is 29.3 Å². The van der Waals surface area contributed by atoms with Crippen LogP contribution in [0.3, 0.4) is 0 Å². The third kappa shape index (κ3) is 4.31. The Morgan fingerprint density at radius 3 is 2.35 bits per heavy atom. The topological polar surface area (TPSA) is 152 Å². The number of methoxy groups -OCH3 is 1. The number of ether oxygens (including phenoxy) is 2. The number of H-pyrrole nitrogens is 1. The van der Waals surface area contributed by atoms with Crippen molar-refractivity contribution in [2.45, 2.75) is 6.61 Å². The SMILES string of the molecule is COc1ccc(-c2c(C(=O)O)c(N)[nH]c(=O)c2C(=O)O)cc1OCc1ccccc1Cl. The lowest BCUT2D eigenvalue weighted by Crippen LogP contribution is -2.24. The summed E-state index contributed by atoms with van der Waals surface area (Å²) in [7, 11) is 1.41. The van der Waals surface area contributed by atoms with Gasteiger partial charge in [0.2, 0.25) is 0 Å². The van der Waals surface area contributed by atoms with Crippen LogP contribution in [0.25, 0.3) is 11.1 Å². The summed E-state index contributed by atoms with van der Waals surface area (Å²) in [6.07, 6.45) is 0. The molecular formula is C21H17ClN2O7. The molecule has 0 saturated carbocycles. The second-order valence-corrected chi connectivity index (χ2v) is 6.76. The summed E-state index contributed by atoms with van der Waals surface area (Å²) in [5, 5.41) is 19.6. The molecule has 3 rings (SSSR count). The number of benzene rings is 2. The van der Waals surface area contributed by atoms with Gasteiger partial charge in [0.15, 0.2) is 11.5 Å². The molecule has 9 nitrogen and oxygen atoms in total. The third-order valence-corrected chi connectivity index (χ3v) is 4.83. The number of rotatable bonds is 7. The van der Waals surface area contributed by atoms with Crippen molar-refractivity contribution in [1.82, 2.24) is 4.98 Å². The van der Waals surface area contributed by atoms with Crippen LogP contribution in [-0.2, 0) is 6.61 Å². The second kappa shape index (κ2) is 8.80. The van der Waals surface area contributed by atoms with Crippen LogP contribution in [0.5, 0.6) is 11.5 Å². The number of nitrogens with one attached hydrogen (secondary N) is 1. The highest BCUT2D eigenvalue weighted by molar-refractivity contribution is 6.31. The zero-order valence-electron chi connectivity index (χ0n) is 16.1. The van der Waals surface area contributed by atoms with Gasteiger partial charge < -0.3 is 30.4 Å². The molecule has 0 radical (unpaired) electrons. The van der Waals surface area contributed by atoms with E-state index < -0.39 is 34.4 Å². The number of hydrogen-bond donors (Lipinski definition) is 4. The van der Waals surface area contributed by atoms with Crippen LogP contribution in [0, 0.1) is 0 Å². The van der Waals surface area contributed by atoms with Crippen LogP contribution in [-0.4, -0.2) is 34.2 Å². The van der Waals surface area contributed by atoms with Crippen LogP contribution in [0.4, 0.5) is 5.82 Å². The predicted octanol–water partition coefficient (Wildman–Crippen LogP) is 3.26. The summed E-state index contributed by atoms with van der Waals surface area (Å²) >= 11 is 6.14. The van der Waals surface area contributed by atoms with Crippen LogP contribution in [0.15, 0.2) is 47.3 Å². The maximum Gasteiger partial charge on any atom is 0.342 e. The Kier molecular flexibility index (Phi) is 6.17. The Morgan fingerprint density at radius 2 is 1.74 bits per heavy atom. The van der Waals surface area contributed by atoms with Crippen molar-refractivity contribution in [1.29, 1.82) is 0 Å². The Bertz CT molecular complexity index is 1240. The minimum absolute atomic E-state index is 0.0641. The van der Waals surface area contributed by atoms with Crippen molar-refractivity contribution in [3.8, 4) is 22.6 Å². The molecule has 160 valence electrons. The Balaban J connectivity index is 2.17. The van der Waals surface area contributed by atoms with Gasteiger partial charge in [-0.3, -0.25) is 4.79 Å². The van der Waals surface area contributed by atoms with E-state index in [2.05, 4.69) is 4.98 Å². The lowest BCUT2D eigenvalue weighted by Gasteiger charge is -2.16. The zero-order chi connectivity index (χ0) is 22.7. The van der Waals surface area contributed by atoms with Gasteiger partial charge in [-0.1, -0.05) is 35.9 Å². The molecule has 0 bridgehead atoms. The van der Waals surface area contributed by atoms with E-state index in [0.29, 0.717) is 16.3 Å². The molecule has 0 aliphatic rings. The quantitative estimate of drug-likeness (QED) is 0.433.